The van der Waals surface area contributed by atoms with Gasteiger partial charge < -0.3 is 9.47 Å². The smallest absolute Gasteiger partial charge is 0.161 e. The minimum absolute atomic E-state index is 0.522. The lowest BCUT2D eigenvalue weighted by Gasteiger charge is -2.18. The van der Waals surface area contributed by atoms with Crippen LogP contribution in [0.15, 0.2) is 24.3 Å². The number of alkyl halides is 1. The highest BCUT2D eigenvalue weighted by Gasteiger charge is 2.10. The van der Waals surface area contributed by atoms with Crippen LogP contribution in [0.2, 0.25) is 0 Å². The zero-order valence-electron chi connectivity index (χ0n) is 7.70. The molecule has 0 saturated carbocycles. The minimum Gasteiger partial charge on any atom is -0.486 e. The molecule has 0 radical (unpaired) electrons. The Hall–Kier alpha value is -1.15. The molecule has 14 heavy (non-hydrogen) atoms. The first-order valence-electron chi connectivity index (χ1n) is 4.52. The first-order valence-corrected chi connectivity index (χ1v) is 5.06. The number of benzene rings is 1. The van der Waals surface area contributed by atoms with Gasteiger partial charge in [0.25, 0.3) is 0 Å². The van der Waals surface area contributed by atoms with Crippen LogP contribution in [-0.4, -0.2) is 19.1 Å². The van der Waals surface area contributed by atoms with E-state index in [0.717, 1.165) is 17.1 Å². The van der Waals surface area contributed by atoms with Gasteiger partial charge in [0.05, 0.1) is 0 Å². The van der Waals surface area contributed by atoms with Gasteiger partial charge in [-0.25, -0.2) is 0 Å². The fourth-order valence-corrected chi connectivity index (χ4v) is 1.43. The maximum atomic E-state index is 5.55. The van der Waals surface area contributed by atoms with Crippen molar-refractivity contribution in [3.63, 3.8) is 0 Å². The van der Waals surface area contributed by atoms with Crippen molar-refractivity contribution in [2.45, 2.75) is 0 Å². The molecular weight excluding hydrogens is 200 g/mol. The Labute approximate surface area is 88.1 Å². The van der Waals surface area contributed by atoms with Crippen LogP contribution in [-0.2, 0) is 0 Å². The number of ether oxygens (including phenoxy) is 2. The van der Waals surface area contributed by atoms with Gasteiger partial charge in [0, 0.05) is 5.88 Å². The predicted octanol–water partition coefficient (Wildman–Crippen LogP) is 2.71. The van der Waals surface area contributed by atoms with Crippen LogP contribution >= 0.6 is 11.6 Å². The largest absolute Gasteiger partial charge is 0.486 e. The van der Waals surface area contributed by atoms with E-state index in [-0.39, 0.29) is 0 Å². The lowest BCUT2D eigenvalue weighted by atomic mass is 10.2. The van der Waals surface area contributed by atoms with Crippen molar-refractivity contribution >= 4 is 17.7 Å². The summed E-state index contributed by atoms with van der Waals surface area (Å²) in [6.07, 6.45) is 3.86. The Kier molecular flexibility index (Phi) is 2.94. The summed E-state index contributed by atoms with van der Waals surface area (Å²) in [5.74, 6) is 2.15. The van der Waals surface area contributed by atoms with Crippen molar-refractivity contribution in [3.05, 3.63) is 29.8 Å². The van der Waals surface area contributed by atoms with E-state index >= 15 is 0 Å². The Morgan fingerprint density at radius 1 is 1.21 bits per heavy atom. The Balaban J connectivity index is 2.24. The molecule has 74 valence electrons. The van der Waals surface area contributed by atoms with Crippen molar-refractivity contribution in [1.82, 2.24) is 0 Å². The highest BCUT2D eigenvalue weighted by Crippen LogP contribution is 2.30. The van der Waals surface area contributed by atoms with E-state index < -0.39 is 0 Å². The number of hydrogen-bond acceptors (Lipinski definition) is 2. The van der Waals surface area contributed by atoms with Crippen LogP contribution < -0.4 is 9.47 Å². The van der Waals surface area contributed by atoms with E-state index in [1.807, 2.05) is 30.4 Å². The zero-order chi connectivity index (χ0) is 9.80. The van der Waals surface area contributed by atoms with Gasteiger partial charge in [-0.2, -0.15) is 0 Å². The average Bonchev–Trinajstić information content (AvgIpc) is 2.26. The van der Waals surface area contributed by atoms with Gasteiger partial charge in [0.15, 0.2) is 11.5 Å². The van der Waals surface area contributed by atoms with Crippen LogP contribution in [0.25, 0.3) is 6.08 Å². The van der Waals surface area contributed by atoms with Crippen molar-refractivity contribution in [1.29, 1.82) is 0 Å². The lowest BCUT2D eigenvalue weighted by Crippen LogP contribution is -2.15. The summed E-state index contributed by atoms with van der Waals surface area (Å²) in [6.45, 7) is 1.25. The van der Waals surface area contributed by atoms with E-state index in [9.17, 15) is 0 Å². The van der Waals surface area contributed by atoms with E-state index in [0.29, 0.717) is 19.1 Å². The molecule has 0 bridgehead atoms. The van der Waals surface area contributed by atoms with Gasteiger partial charge in [0.2, 0.25) is 0 Å². The number of hydrogen-bond donors (Lipinski definition) is 0. The molecule has 0 aromatic heterocycles. The molecule has 2 nitrogen and oxygen atoms in total. The summed E-state index contributed by atoms with van der Waals surface area (Å²) < 4.78 is 10.9. The highest BCUT2D eigenvalue weighted by molar-refractivity contribution is 6.19. The summed E-state index contributed by atoms with van der Waals surface area (Å²) in [4.78, 5) is 0. The number of rotatable bonds is 2. The molecule has 0 spiro atoms. The SMILES string of the molecule is ClC/C=C/c1ccc2c(c1)OCCO2. The van der Waals surface area contributed by atoms with Crippen molar-refractivity contribution in [2.24, 2.45) is 0 Å². The summed E-state index contributed by atoms with van der Waals surface area (Å²) in [5, 5.41) is 0. The monoisotopic (exact) mass is 210 g/mol. The number of fused-ring (bicyclic) bond motifs is 1. The molecule has 0 unspecified atom stereocenters. The average molecular weight is 211 g/mol. The molecule has 2 rings (SSSR count). The minimum atomic E-state index is 0.522. The molecule has 1 aliphatic rings. The molecule has 3 heteroatoms. The number of halogens is 1. The molecule has 0 N–H and O–H groups in total. The molecule has 1 aliphatic heterocycles. The molecule has 0 saturated heterocycles. The summed E-state index contributed by atoms with van der Waals surface area (Å²) in [7, 11) is 0. The first kappa shape index (κ1) is 9.41. The molecule has 0 atom stereocenters. The van der Waals surface area contributed by atoms with E-state index in [1.54, 1.807) is 0 Å². The molecule has 1 aromatic rings. The topological polar surface area (TPSA) is 18.5 Å². The Morgan fingerprint density at radius 3 is 2.79 bits per heavy atom. The third-order valence-electron chi connectivity index (χ3n) is 1.97. The summed E-state index contributed by atoms with van der Waals surface area (Å²) >= 11 is 5.55. The second kappa shape index (κ2) is 4.38. The molecule has 0 fully saturated rings. The maximum Gasteiger partial charge on any atom is 0.161 e. The molecule has 1 heterocycles. The summed E-state index contributed by atoms with van der Waals surface area (Å²) in [6, 6.07) is 5.86. The van der Waals surface area contributed by atoms with Crippen molar-refractivity contribution in [2.75, 3.05) is 19.1 Å². The fourth-order valence-electron chi connectivity index (χ4n) is 1.34. The van der Waals surface area contributed by atoms with Gasteiger partial charge in [-0.3, -0.25) is 0 Å². The standard InChI is InChI=1S/C11H11ClO2/c12-5-1-2-9-3-4-10-11(8-9)14-7-6-13-10/h1-4,8H,5-7H2/b2-1+. The lowest BCUT2D eigenvalue weighted by molar-refractivity contribution is 0.171. The van der Waals surface area contributed by atoms with E-state index in [1.165, 1.54) is 0 Å². The maximum absolute atomic E-state index is 5.55. The normalized spacial score (nSPS) is 14.6. The molecule has 0 aliphatic carbocycles. The molecule has 0 amide bonds. The van der Waals surface area contributed by atoms with Crippen molar-refractivity contribution in [3.8, 4) is 11.5 Å². The highest BCUT2D eigenvalue weighted by atomic mass is 35.5. The fraction of sp³-hybridized carbons (Fsp3) is 0.273. The Bertz CT molecular complexity index is 347. The van der Waals surface area contributed by atoms with E-state index in [2.05, 4.69) is 0 Å². The van der Waals surface area contributed by atoms with Gasteiger partial charge in [0.1, 0.15) is 13.2 Å². The van der Waals surface area contributed by atoms with Gasteiger partial charge in [-0.1, -0.05) is 18.2 Å². The Morgan fingerprint density at radius 2 is 2.00 bits per heavy atom. The zero-order valence-corrected chi connectivity index (χ0v) is 8.46. The van der Waals surface area contributed by atoms with Crippen LogP contribution in [0.1, 0.15) is 5.56 Å². The van der Waals surface area contributed by atoms with Crippen LogP contribution in [0, 0.1) is 0 Å². The quantitative estimate of drug-likeness (QED) is 0.699. The second-order valence-corrected chi connectivity index (χ2v) is 3.27. The molecule has 1 aromatic carbocycles. The van der Waals surface area contributed by atoms with E-state index in [4.69, 9.17) is 21.1 Å². The first-order chi connectivity index (χ1) is 6.90. The molecular formula is C11H11ClO2. The number of allylic oxidation sites excluding steroid dienone is 1. The second-order valence-electron chi connectivity index (χ2n) is 2.96. The third-order valence-corrected chi connectivity index (χ3v) is 2.14. The van der Waals surface area contributed by atoms with Crippen molar-refractivity contribution < 1.29 is 9.47 Å². The third kappa shape index (κ3) is 2.02. The van der Waals surface area contributed by atoms with Gasteiger partial charge in [-0.15, -0.1) is 11.6 Å². The summed E-state index contributed by atoms with van der Waals surface area (Å²) in [5.41, 5.74) is 1.08. The van der Waals surface area contributed by atoms with Crippen LogP contribution in [0.4, 0.5) is 0 Å². The van der Waals surface area contributed by atoms with Crippen LogP contribution in [0.3, 0.4) is 0 Å². The van der Waals surface area contributed by atoms with Gasteiger partial charge in [-0.05, 0) is 17.7 Å². The van der Waals surface area contributed by atoms with Gasteiger partial charge >= 0.3 is 0 Å². The van der Waals surface area contributed by atoms with Crippen LogP contribution in [0.5, 0.6) is 11.5 Å². The predicted molar refractivity (Wildman–Crippen MR) is 57.2 cm³/mol.